The van der Waals surface area contributed by atoms with Crippen LogP contribution in [0.1, 0.15) is 29.5 Å². The number of hydrogen-bond acceptors (Lipinski definition) is 2. The van der Waals surface area contributed by atoms with Crippen LogP contribution in [0.3, 0.4) is 0 Å². The molecule has 1 heterocycles. The molecule has 2 heteroatoms. The van der Waals surface area contributed by atoms with E-state index in [2.05, 4.69) is 37.4 Å². The Morgan fingerprint density at radius 1 is 1.31 bits per heavy atom. The third-order valence-corrected chi connectivity index (χ3v) is 3.31. The molecule has 1 aliphatic rings. The van der Waals surface area contributed by atoms with Gasteiger partial charge in [0, 0.05) is 6.54 Å². The molecule has 0 bridgehead atoms. The highest BCUT2D eigenvalue weighted by Crippen LogP contribution is 2.13. The lowest BCUT2D eigenvalue weighted by molar-refractivity contribution is 0.0253. The Bertz CT molecular complexity index is 343. The molecule has 1 unspecified atom stereocenters. The van der Waals surface area contributed by atoms with Gasteiger partial charge in [-0.2, -0.15) is 0 Å². The van der Waals surface area contributed by atoms with Crippen molar-refractivity contribution in [2.24, 2.45) is 0 Å². The normalized spacial score (nSPS) is 21.0. The molecule has 88 valence electrons. The lowest BCUT2D eigenvalue weighted by Crippen LogP contribution is -2.35. The first-order valence-corrected chi connectivity index (χ1v) is 6.14. The Morgan fingerprint density at radius 3 is 2.88 bits per heavy atom. The van der Waals surface area contributed by atoms with Crippen molar-refractivity contribution in [2.75, 3.05) is 13.1 Å². The van der Waals surface area contributed by atoms with Crippen molar-refractivity contribution >= 4 is 0 Å². The van der Waals surface area contributed by atoms with Crippen molar-refractivity contribution < 1.29 is 4.74 Å². The van der Waals surface area contributed by atoms with E-state index in [1.165, 1.54) is 29.5 Å². The Morgan fingerprint density at radius 2 is 2.19 bits per heavy atom. The maximum atomic E-state index is 5.90. The van der Waals surface area contributed by atoms with Crippen LogP contribution in [-0.2, 0) is 11.3 Å². The quantitative estimate of drug-likeness (QED) is 0.843. The molecular formula is C14H21NO. The number of nitrogens with one attached hydrogen (secondary N) is 1. The van der Waals surface area contributed by atoms with Crippen LogP contribution in [0.2, 0.25) is 0 Å². The highest BCUT2D eigenvalue weighted by Gasteiger charge is 2.12. The summed E-state index contributed by atoms with van der Waals surface area (Å²) >= 11 is 0. The van der Waals surface area contributed by atoms with Crippen LogP contribution in [-0.4, -0.2) is 19.2 Å². The number of benzene rings is 1. The van der Waals surface area contributed by atoms with Crippen LogP contribution >= 0.6 is 0 Å². The monoisotopic (exact) mass is 219 g/mol. The molecule has 1 aliphatic heterocycles. The minimum Gasteiger partial charge on any atom is -0.372 e. The number of hydrogen-bond donors (Lipinski definition) is 1. The average Bonchev–Trinajstić information content (AvgIpc) is 2.32. The van der Waals surface area contributed by atoms with E-state index in [1.807, 2.05) is 0 Å². The molecule has 2 nitrogen and oxygen atoms in total. The highest BCUT2D eigenvalue weighted by molar-refractivity contribution is 5.29. The summed E-state index contributed by atoms with van der Waals surface area (Å²) in [6.07, 6.45) is 2.82. The third kappa shape index (κ3) is 3.06. The number of rotatable bonds is 3. The summed E-state index contributed by atoms with van der Waals surface area (Å²) in [5.74, 6) is 0. The SMILES string of the molecule is Cc1ccc(COC2CCCNC2)cc1C. The van der Waals surface area contributed by atoms with Gasteiger partial charge >= 0.3 is 0 Å². The molecule has 2 rings (SSSR count). The van der Waals surface area contributed by atoms with Gasteiger partial charge in [-0.15, -0.1) is 0 Å². The fraction of sp³-hybridized carbons (Fsp3) is 0.571. The zero-order valence-corrected chi connectivity index (χ0v) is 10.3. The van der Waals surface area contributed by atoms with Gasteiger partial charge < -0.3 is 10.1 Å². The fourth-order valence-electron chi connectivity index (χ4n) is 2.07. The van der Waals surface area contributed by atoms with E-state index in [1.54, 1.807) is 0 Å². The van der Waals surface area contributed by atoms with Crippen LogP contribution in [0.15, 0.2) is 18.2 Å². The van der Waals surface area contributed by atoms with Gasteiger partial charge in [-0.3, -0.25) is 0 Å². The second-order valence-electron chi connectivity index (χ2n) is 4.70. The summed E-state index contributed by atoms with van der Waals surface area (Å²) in [6.45, 7) is 7.19. The summed E-state index contributed by atoms with van der Waals surface area (Å²) in [5.41, 5.74) is 3.99. The van der Waals surface area contributed by atoms with Gasteiger partial charge in [0.15, 0.2) is 0 Å². The van der Waals surface area contributed by atoms with E-state index in [0.717, 1.165) is 19.7 Å². The molecule has 0 aromatic heterocycles. The summed E-state index contributed by atoms with van der Waals surface area (Å²) in [6, 6.07) is 6.57. The average molecular weight is 219 g/mol. The molecule has 1 saturated heterocycles. The minimum absolute atomic E-state index is 0.398. The zero-order valence-electron chi connectivity index (χ0n) is 10.3. The Labute approximate surface area is 98.0 Å². The van der Waals surface area contributed by atoms with E-state index < -0.39 is 0 Å². The number of piperidine rings is 1. The Balaban J connectivity index is 1.86. The molecule has 1 aromatic rings. The molecular weight excluding hydrogens is 198 g/mol. The maximum absolute atomic E-state index is 5.90. The van der Waals surface area contributed by atoms with Crippen LogP contribution in [0.5, 0.6) is 0 Å². The van der Waals surface area contributed by atoms with Gasteiger partial charge in [-0.25, -0.2) is 0 Å². The minimum atomic E-state index is 0.398. The molecule has 16 heavy (non-hydrogen) atoms. The van der Waals surface area contributed by atoms with Crippen LogP contribution < -0.4 is 5.32 Å². The van der Waals surface area contributed by atoms with Gasteiger partial charge in [0.05, 0.1) is 12.7 Å². The molecule has 0 radical (unpaired) electrons. The lowest BCUT2D eigenvalue weighted by atomic mass is 10.1. The van der Waals surface area contributed by atoms with E-state index >= 15 is 0 Å². The Hall–Kier alpha value is -0.860. The molecule has 1 aromatic carbocycles. The molecule has 0 aliphatic carbocycles. The number of aryl methyl sites for hydroxylation is 2. The van der Waals surface area contributed by atoms with Crippen molar-refractivity contribution in [1.29, 1.82) is 0 Å². The van der Waals surface area contributed by atoms with Crippen molar-refractivity contribution in [2.45, 2.75) is 39.4 Å². The van der Waals surface area contributed by atoms with E-state index in [4.69, 9.17) is 4.74 Å². The second kappa shape index (κ2) is 5.46. The Kier molecular flexibility index (Phi) is 3.97. The first kappa shape index (κ1) is 11.6. The summed E-state index contributed by atoms with van der Waals surface area (Å²) in [4.78, 5) is 0. The van der Waals surface area contributed by atoms with E-state index in [9.17, 15) is 0 Å². The third-order valence-electron chi connectivity index (χ3n) is 3.31. The van der Waals surface area contributed by atoms with Gasteiger partial charge in [-0.05, 0) is 49.9 Å². The van der Waals surface area contributed by atoms with Gasteiger partial charge in [0.2, 0.25) is 0 Å². The first-order chi connectivity index (χ1) is 7.75. The van der Waals surface area contributed by atoms with Gasteiger partial charge in [-0.1, -0.05) is 18.2 Å². The molecule has 0 spiro atoms. The largest absolute Gasteiger partial charge is 0.372 e. The lowest BCUT2D eigenvalue weighted by Gasteiger charge is -2.23. The van der Waals surface area contributed by atoms with Crippen molar-refractivity contribution in [3.05, 3.63) is 34.9 Å². The van der Waals surface area contributed by atoms with Crippen LogP contribution in [0.25, 0.3) is 0 Å². The van der Waals surface area contributed by atoms with Crippen molar-refractivity contribution in [3.63, 3.8) is 0 Å². The summed E-state index contributed by atoms with van der Waals surface area (Å²) < 4.78 is 5.90. The van der Waals surface area contributed by atoms with E-state index in [0.29, 0.717) is 6.10 Å². The maximum Gasteiger partial charge on any atom is 0.0721 e. The molecule has 0 amide bonds. The first-order valence-electron chi connectivity index (χ1n) is 6.14. The zero-order chi connectivity index (χ0) is 11.4. The fourth-order valence-corrected chi connectivity index (χ4v) is 2.07. The topological polar surface area (TPSA) is 21.3 Å². The molecule has 1 fully saturated rings. The van der Waals surface area contributed by atoms with Crippen molar-refractivity contribution in [1.82, 2.24) is 5.32 Å². The van der Waals surface area contributed by atoms with Crippen molar-refractivity contribution in [3.8, 4) is 0 Å². The summed E-state index contributed by atoms with van der Waals surface area (Å²) in [5, 5.41) is 3.37. The predicted octanol–water partition coefficient (Wildman–Crippen LogP) is 2.57. The van der Waals surface area contributed by atoms with Crippen LogP contribution in [0.4, 0.5) is 0 Å². The van der Waals surface area contributed by atoms with Crippen LogP contribution in [0, 0.1) is 13.8 Å². The van der Waals surface area contributed by atoms with Gasteiger partial charge in [0.25, 0.3) is 0 Å². The van der Waals surface area contributed by atoms with E-state index in [-0.39, 0.29) is 0 Å². The molecule has 1 N–H and O–H groups in total. The second-order valence-corrected chi connectivity index (χ2v) is 4.70. The molecule has 1 atom stereocenters. The molecule has 0 saturated carbocycles. The predicted molar refractivity (Wildman–Crippen MR) is 66.6 cm³/mol. The van der Waals surface area contributed by atoms with Gasteiger partial charge in [0.1, 0.15) is 0 Å². The number of ether oxygens (including phenoxy) is 1. The standard InChI is InChI=1S/C14H21NO/c1-11-5-6-13(8-12(11)2)10-16-14-4-3-7-15-9-14/h5-6,8,14-15H,3-4,7,9-10H2,1-2H3. The summed E-state index contributed by atoms with van der Waals surface area (Å²) in [7, 11) is 0. The smallest absolute Gasteiger partial charge is 0.0721 e. The highest BCUT2D eigenvalue weighted by atomic mass is 16.5.